The van der Waals surface area contributed by atoms with Crippen LogP contribution >= 0.6 is 11.8 Å². The van der Waals surface area contributed by atoms with Crippen molar-refractivity contribution in [2.45, 2.75) is 19.4 Å². The zero-order chi connectivity index (χ0) is 15.7. The van der Waals surface area contributed by atoms with Crippen LogP contribution in [0.15, 0.2) is 40.5 Å². The van der Waals surface area contributed by atoms with Crippen molar-refractivity contribution in [3.05, 3.63) is 41.1 Å². The molecule has 0 aromatic heterocycles. The minimum absolute atomic E-state index is 0.0716. The Bertz CT molecular complexity index is 651. The molecule has 0 unspecified atom stereocenters. The summed E-state index contributed by atoms with van der Waals surface area (Å²) >= 11 is 1.76. The summed E-state index contributed by atoms with van der Waals surface area (Å²) in [7, 11) is 1.66. The van der Waals surface area contributed by atoms with Gasteiger partial charge < -0.3 is 16.0 Å². The van der Waals surface area contributed by atoms with Gasteiger partial charge in [-0.3, -0.25) is 4.79 Å². The Morgan fingerprint density at radius 2 is 2.14 bits per heavy atom. The number of nitrogens with one attached hydrogen (secondary N) is 1. The number of benzene rings is 1. The highest BCUT2D eigenvalue weighted by Gasteiger charge is 2.36. The van der Waals surface area contributed by atoms with E-state index in [0.717, 1.165) is 46.4 Å². The molecular formula is C16H20N4OS. The number of hydrogen-bond donors (Lipinski definition) is 2. The first kappa shape index (κ1) is 15.0. The van der Waals surface area contributed by atoms with Gasteiger partial charge >= 0.3 is 0 Å². The number of aliphatic imine (C=N–C) groups is 1. The van der Waals surface area contributed by atoms with E-state index in [-0.39, 0.29) is 11.9 Å². The van der Waals surface area contributed by atoms with Crippen molar-refractivity contribution < 1.29 is 4.79 Å². The van der Waals surface area contributed by atoms with E-state index in [4.69, 9.17) is 5.73 Å². The van der Waals surface area contributed by atoms with Gasteiger partial charge in [0.15, 0.2) is 5.17 Å². The SMILES string of the molecule is CNC(=O)C1=C(C)N=C2SCCCN2[C@@H]1c1ccc(N)cc1. The number of amidine groups is 1. The number of anilines is 1. The number of fused-ring (bicyclic) bond motifs is 1. The van der Waals surface area contributed by atoms with Crippen LogP contribution < -0.4 is 11.1 Å². The van der Waals surface area contributed by atoms with E-state index < -0.39 is 0 Å². The first-order chi connectivity index (χ1) is 10.6. The highest BCUT2D eigenvalue weighted by Crippen LogP contribution is 2.39. The minimum atomic E-state index is -0.0964. The number of hydrogen-bond acceptors (Lipinski definition) is 5. The number of carbonyl (C=O) groups is 1. The maximum absolute atomic E-state index is 12.4. The molecule has 1 fully saturated rings. The molecule has 22 heavy (non-hydrogen) atoms. The van der Waals surface area contributed by atoms with Crippen LogP contribution in [-0.2, 0) is 4.79 Å². The highest BCUT2D eigenvalue weighted by molar-refractivity contribution is 8.13. The van der Waals surface area contributed by atoms with Crippen LogP contribution in [0.1, 0.15) is 24.9 Å². The monoisotopic (exact) mass is 316 g/mol. The third kappa shape index (κ3) is 2.59. The molecule has 1 amide bonds. The first-order valence-electron chi connectivity index (χ1n) is 7.38. The maximum Gasteiger partial charge on any atom is 0.251 e. The second-order valence-electron chi connectivity index (χ2n) is 5.44. The number of likely N-dealkylation sites (N-methyl/N-ethyl adjacent to an activating group) is 1. The van der Waals surface area contributed by atoms with Gasteiger partial charge in [0.25, 0.3) is 5.91 Å². The molecule has 2 aliphatic heterocycles. The highest BCUT2D eigenvalue weighted by atomic mass is 32.2. The van der Waals surface area contributed by atoms with Crippen molar-refractivity contribution >= 4 is 28.5 Å². The van der Waals surface area contributed by atoms with Crippen molar-refractivity contribution in [3.8, 4) is 0 Å². The van der Waals surface area contributed by atoms with Crippen LogP contribution in [0, 0.1) is 0 Å². The zero-order valence-electron chi connectivity index (χ0n) is 12.8. The van der Waals surface area contributed by atoms with E-state index in [1.54, 1.807) is 18.8 Å². The third-order valence-electron chi connectivity index (χ3n) is 3.98. The molecule has 1 saturated heterocycles. The molecule has 1 aromatic carbocycles. The third-order valence-corrected chi connectivity index (χ3v) is 5.06. The van der Waals surface area contributed by atoms with Crippen molar-refractivity contribution in [2.24, 2.45) is 4.99 Å². The number of rotatable bonds is 2. The van der Waals surface area contributed by atoms with Gasteiger partial charge in [0.2, 0.25) is 0 Å². The normalized spacial score (nSPS) is 21.3. The fraction of sp³-hybridized carbons (Fsp3) is 0.375. The lowest BCUT2D eigenvalue weighted by Gasteiger charge is -2.40. The summed E-state index contributed by atoms with van der Waals surface area (Å²) in [4.78, 5) is 19.3. The minimum Gasteiger partial charge on any atom is -0.399 e. The van der Waals surface area contributed by atoms with Gasteiger partial charge in [0.1, 0.15) is 0 Å². The molecule has 6 heteroatoms. The number of amides is 1. The van der Waals surface area contributed by atoms with Crippen molar-refractivity contribution in [1.29, 1.82) is 0 Å². The van der Waals surface area contributed by atoms with Gasteiger partial charge in [-0.2, -0.15) is 0 Å². The molecule has 0 radical (unpaired) electrons. The predicted molar refractivity (Wildman–Crippen MR) is 91.6 cm³/mol. The molecule has 0 aliphatic carbocycles. The maximum atomic E-state index is 12.4. The Labute approximate surface area is 134 Å². The molecule has 2 aliphatic rings. The van der Waals surface area contributed by atoms with Crippen LogP contribution in [0.3, 0.4) is 0 Å². The lowest BCUT2D eigenvalue weighted by molar-refractivity contribution is -0.117. The molecule has 116 valence electrons. The van der Waals surface area contributed by atoms with E-state index in [0.29, 0.717) is 0 Å². The Morgan fingerprint density at radius 3 is 2.82 bits per heavy atom. The number of nitrogen functional groups attached to an aromatic ring is 1. The second-order valence-corrected chi connectivity index (χ2v) is 6.50. The van der Waals surface area contributed by atoms with E-state index in [1.165, 1.54) is 0 Å². The summed E-state index contributed by atoms with van der Waals surface area (Å²) in [5.74, 6) is 1.00. The molecule has 2 heterocycles. The van der Waals surface area contributed by atoms with Crippen LogP contribution in [-0.4, -0.2) is 35.3 Å². The van der Waals surface area contributed by atoms with Crippen LogP contribution in [0.2, 0.25) is 0 Å². The molecule has 0 saturated carbocycles. The Hall–Kier alpha value is -1.95. The van der Waals surface area contributed by atoms with Crippen molar-refractivity contribution in [2.75, 3.05) is 25.1 Å². The van der Waals surface area contributed by atoms with Crippen LogP contribution in [0.25, 0.3) is 0 Å². The smallest absolute Gasteiger partial charge is 0.251 e. The molecule has 3 rings (SSSR count). The Balaban J connectivity index is 2.11. The molecule has 0 bridgehead atoms. The van der Waals surface area contributed by atoms with Gasteiger partial charge in [-0.25, -0.2) is 4.99 Å². The first-order valence-corrected chi connectivity index (χ1v) is 8.37. The standard InChI is InChI=1S/C16H20N4OS/c1-10-13(15(21)18-2)14(11-4-6-12(17)7-5-11)20-8-3-9-22-16(20)19-10/h4-7,14H,3,8-9,17H2,1-2H3,(H,18,21)/t14-/m1/s1. The van der Waals surface area contributed by atoms with Gasteiger partial charge in [-0.15, -0.1) is 0 Å². The van der Waals surface area contributed by atoms with Crippen LogP contribution in [0.5, 0.6) is 0 Å². The van der Waals surface area contributed by atoms with Gasteiger partial charge in [-0.1, -0.05) is 23.9 Å². The number of allylic oxidation sites excluding steroid dienone is 1. The van der Waals surface area contributed by atoms with Crippen molar-refractivity contribution in [1.82, 2.24) is 10.2 Å². The molecular weight excluding hydrogens is 296 g/mol. The van der Waals surface area contributed by atoms with Gasteiger partial charge in [-0.05, 0) is 31.0 Å². The quantitative estimate of drug-likeness (QED) is 0.820. The van der Waals surface area contributed by atoms with E-state index in [2.05, 4.69) is 15.2 Å². The molecule has 3 N–H and O–H groups in total. The second kappa shape index (κ2) is 6.04. The molecule has 5 nitrogen and oxygen atoms in total. The van der Waals surface area contributed by atoms with Gasteiger partial charge in [0.05, 0.1) is 17.3 Å². The fourth-order valence-electron chi connectivity index (χ4n) is 2.92. The number of carbonyl (C=O) groups excluding carboxylic acids is 1. The Kier molecular flexibility index (Phi) is 4.11. The van der Waals surface area contributed by atoms with Crippen molar-refractivity contribution in [3.63, 3.8) is 0 Å². The summed E-state index contributed by atoms with van der Waals surface area (Å²) in [6.45, 7) is 2.82. The largest absolute Gasteiger partial charge is 0.399 e. The number of nitrogens with zero attached hydrogens (tertiary/aromatic N) is 2. The summed E-state index contributed by atoms with van der Waals surface area (Å²) in [5.41, 5.74) is 9.11. The number of thioether (sulfide) groups is 1. The molecule has 0 spiro atoms. The Morgan fingerprint density at radius 1 is 1.41 bits per heavy atom. The molecule has 1 atom stereocenters. The average Bonchev–Trinajstić information content (AvgIpc) is 2.54. The topological polar surface area (TPSA) is 70.7 Å². The lowest BCUT2D eigenvalue weighted by atomic mass is 9.93. The number of nitrogens with two attached hydrogens (primary N) is 1. The fourth-order valence-corrected chi connectivity index (χ4v) is 3.94. The zero-order valence-corrected chi connectivity index (χ0v) is 13.6. The van der Waals surface area contributed by atoms with E-state index in [1.807, 2.05) is 31.2 Å². The predicted octanol–water partition coefficient (Wildman–Crippen LogP) is 2.14. The summed E-state index contributed by atoms with van der Waals surface area (Å²) in [5, 5.41) is 3.76. The lowest BCUT2D eigenvalue weighted by Crippen LogP contribution is -2.43. The molecule has 1 aromatic rings. The van der Waals surface area contributed by atoms with E-state index >= 15 is 0 Å². The summed E-state index contributed by atoms with van der Waals surface area (Å²) in [6, 6.07) is 7.67. The summed E-state index contributed by atoms with van der Waals surface area (Å²) in [6.07, 6.45) is 1.09. The van der Waals surface area contributed by atoms with Gasteiger partial charge in [0, 0.05) is 25.0 Å². The average molecular weight is 316 g/mol. The summed E-state index contributed by atoms with van der Waals surface area (Å²) < 4.78 is 0. The van der Waals surface area contributed by atoms with Crippen LogP contribution in [0.4, 0.5) is 5.69 Å². The van der Waals surface area contributed by atoms with E-state index in [9.17, 15) is 4.79 Å².